The fraction of sp³-hybridized carbons (Fsp3) is 0.161. The lowest BCUT2D eigenvalue weighted by molar-refractivity contribution is 0.594. The van der Waals surface area contributed by atoms with E-state index in [9.17, 15) is 8.42 Å². The molecule has 0 atom stereocenters. The Labute approximate surface area is 238 Å². The largest absolute Gasteiger partial charge is 0.323 e. The van der Waals surface area contributed by atoms with Gasteiger partial charge in [0.15, 0.2) is 0 Å². The molecule has 4 aromatic carbocycles. The number of aromatic amines is 1. The monoisotopic (exact) mass is 563 g/mol. The SMILES string of the molecule is CCCc1nc2ccc(N(C)S(=O)(=O)c3ccccc3)cc2n1Cc1ccc(-c2ccccc2-c2nn[nH]n2)cc1. The zero-order valence-electron chi connectivity index (χ0n) is 22.8. The molecule has 0 radical (unpaired) electrons. The maximum atomic E-state index is 13.3. The van der Waals surface area contributed by atoms with Crippen LogP contribution in [0.25, 0.3) is 33.5 Å². The molecule has 9 nitrogen and oxygen atoms in total. The van der Waals surface area contributed by atoms with Crippen molar-refractivity contribution in [2.24, 2.45) is 0 Å². The molecule has 0 aliphatic rings. The van der Waals surface area contributed by atoms with Crippen LogP contribution in [-0.2, 0) is 23.0 Å². The number of aryl methyl sites for hydroxylation is 1. The molecule has 41 heavy (non-hydrogen) atoms. The Morgan fingerprint density at radius 3 is 2.32 bits per heavy atom. The van der Waals surface area contributed by atoms with Gasteiger partial charge in [-0.1, -0.05) is 73.7 Å². The van der Waals surface area contributed by atoms with Gasteiger partial charge in [0.05, 0.1) is 21.6 Å². The summed E-state index contributed by atoms with van der Waals surface area (Å²) >= 11 is 0. The van der Waals surface area contributed by atoms with E-state index in [-0.39, 0.29) is 4.90 Å². The van der Waals surface area contributed by atoms with Gasteiger partial charge >= 0.3 is 0 Å². The highest BCUT2D eigenvalue weighted by molar-refractivity contribution is 7.92. The first-order valence-electron chi connectivity index (χ1n) is 13.4. The minimum Gasteiger partial charge on any atom is -0.323 e. The third-order valence-electron chi connectivity index (χ3n) is 7.17. The number of nitrogens with zero attached hydrogens (tertiary/aromatic N) is 6. The van der Waals surface area contributed by atoms with E-state index in [4.69, 9.17) is 4.98 Å². The second kappa shape index (κ2) is 11.0. The van der Waals surface area contributed by atoms with Crippen molar-refractivity contribution in [1.82, 2.24) is 30.2 Å². The zero-order valence-corrected chi connectivity index (χ0v) is 23.6. The van der Waals surface area contributed by atoms with E-state index in [1.807, 2.05) is 42.5 Å². The van der Waals surface area contributed by atoms with E-state index in [2.05, 4.69) is 56.4 Å². The number of nitrogens with one attached hydrogen (secondary N) is 1. The third kappa shape index (κ3) is 5.09. The normalized spacial score (nSPS) is 11.7. The summed E-state index contributed by atoms with van der Waals surface area (Å²) in [5.74, 6) is 1.52. The maximum Gasteiger partial charge on any atom is 0.264 e. The van der Waals surface area contributed by atoms with Gasteiger partial charge in [0.1, 0.15) is 5.82 Å². The van der Waals surface area contributed by atoms with E-state index in [1.165, 1.54) is 4.31 Å². The lowest BCUT2D eigenvalue weighted by Crippen LogP contribution is -2.26. The predicted octanol–water partition coefficient (Wildman–Crippen LogP) is 5.71. The molecular weight excluding hydrogens is 534 g/mol. The number of hydrogen-bond donors (Lipinski definition) is 1. The van der Waals surface area contributed by atoms with E-state index in [0.29, 0.717) is 18.1 Å². The van der Waals surface area contributed by atoms with Crippen LogP contribution in [-0.4, -0.2) is 45.6 Å². The van der Waals surface area contributed by atoms with Crippen molar-refractivity contribution >= 4 is 26.7 Å². The van der Waals surface area contributed by atoms with Gasteiger partial charge in [-0.25, -0.2) is 13.4 Å². The summed E-state index contributed by atoms with van der Waals surface area (Å²) in [6.45, 7) is 2.74. The van der Waals surface area contributed by atoms with Crippen LogP contribution >= 0.6 is 0 Å². The molecule has 6 aromatic rings. The summed E-state index contributed by atoms with van der Waals surface area (Å²) < 4.78 is 30.1. The second-order valence-corrected chi connectivity index (χ2v) is 11.8. The molecule has 0 saturated carbocycles. The molecule has 1 N–H and O–H groups in total. The summed E-state index contributed by atoms with van der Waals surface area (Å²) in [5.41, 5.74) is 6.40. The maximum absolute atomic E-state index is 13.3. The Morgan fingerprint density at radius 1 is 0.878 bits per heavy atom. The number of sulfonamides is 1. The summed E-state index contributed by atoms with van der Waals surface area (Å²) in [7, 11) is -2.11. The minimum atomic E-state index is -3.70. The summed E-state index contributed by atoms with van der Waals surface area (Å²) in [6.07, 6.45) is 1.77. The third-order valence-corrected chi connectivity index (χ3v) is 8.97. The number of hydrogen-bond acceptors (Lipinski definition) is 6. The predicted molar refractivity (Wildman–Crippen MR) is 160 cm³/mol. The van der Waals surface area contributed by atoms with Gasteiger partial charge in [0.25, 0.3) is 10.0 Å². The fourth-order valence-corrected chi connectivity index (χ4v) is 6.22. The van der Waals surface area contributed by atoms with Gasteiger partial charge in [0, 0.05) is 25.6 Å². The molecule has 0 unspecified atom stereocenters. The van der Waals surface area contributed by atoms with Crippen molar-refractivity contribution in [2.75, 3.05) is 11.4 Å². The van der Waals surface area contributed by atoms with Gasteiger partial charge in [-0.2, -0.15) is 5.21 Å². The average molecular weight is 564 g/mol. The van der Waals surface area contributed by atoms with Gasteiger partial charge in [0.2, 0.25) is 5.82 Å². The molecule has 0 saturated heterocycles. The number of benzene rings is 4. The standard InChI is InChI=1S/C31H29N7O2S/c1-3-9-30-32-28-19-18-24(37(2)41(39,40)25-10-5-4-6-11-25)20-29(28)38(30)21-22-14-16-23(17-15-22)26-12-7-8-13-27(26)31-33-35-36-34-31/h4-8,10-20H,3,9,21H2,1-2H3,(H,33,34,35,36). The first kappa shape index (κ1) is 26.4. The Balaban J connectivity index is 1.34. The Hall–Kier alpha value is -4.83. The molecular formula is C31H29N7O2S. The fourth-order valence-electron chi connectivity index (χ4n) is 5.02. The molecule has 2 heterocycles. The van der Waals surface area contributed by atoms with Crippen LogP contribution in [0.5, 0.6) is 0 Å². The molecule has 0 spiro atoms. The topological polar surface area (TPSA) is 110 Å². The number of rotatable bonds is 9. The van der Waals surface area contributed by atoms with Crippen molar-refractivity contribution in [3.05, 3.63) is 108 Å². The number of aromatic nitrogens is 6. The van der Waals surface area contributed by atoms with E-state index < -0.39 is 10.0 Å². The second-order valence-electron chi connectivity index (χ2n) is 9.80. The summed E-state index contributed by atoms with van der Waals surface area (Å²) in [4.78, 5) is 5.15. The first-order chi connectivity index (χ1) is 20.0. The Morgan fingerprint density at radius 2 is 1.61 bits per heavy atom. The quantitative estimate of drug-likeness (QED) is 0.241. The summed E-state index contributed by atoms with van der Waals surface area (Å²) in [5, 5.41) is 14.5. The molecule has 6 rings (SSSR count). The van der Waals surface area contributed by atoms with E-state index in [0.717, 1.165) is 52.0 Å². The van der Waals surface area contributed by atoms with Crippen LogP contribution in [0.1, 0.15) is 24.7 Å². The van der Waals surface area contributed by atoms with Crippen LogP contribution in [0, 0.1) is 0 Å². The summed E-state index contributed by atoms with van der Waals surface area (Å²) in [6, 6.07) is 30.5. The number of fused-ring (bicyclic) bond motifs is 1. The van der Waals surface area contributed by atoms with Gasteiger partial charge in [-0.15, -0.1) is 10.2 Å². The van der Waals surface area contributed by atoms with E-state index >= 15 is 0 Å². The highest BCUT2D eigenvalue weighted by Crippen LogP contribution is 2.31. The van der Waals surface area contributed by atoms with Gasteiger partial charge < -0.3 is 4.57 Å². The van der Waals surface area contributed by atoms with Crippen LogP contribution in [0.2, 0.25) is 0 Å². The molecule has 0 aliphatic carbocycles. The highest BCUT2D eigenvalue weighted by atomic mass is 32.2. The molecule has 0 aliphatic heterocycles. The Bertz CT molecular complexity index is 1900. The molecule has 2 aromatic heterocycles. The number of imidazole rings is 1. The molecule has 0 bridgehead atoms. The van der Waals surface area contributed by atoms with Crippen molar-refractivity contribution < 1.29 is 8.42 Å². The van der Waals surface area contributed by atoms with Crippen molar-refractivity contribution in [2.45, 2.75) is 31.2 Å². The van der Waals surface area contributed by atoms with Crippen LogP contribution in [0.4, 0.5) is 5.69 Å². The molecule has 10 heteroatoms. The number of tetrazole rings is 1. The van der Waals surface area contributed by atoms with Crippen molar-refractivity contribution in [3.8, 4) is 22.5 Å². The molecule has 0 amide bonds. The lowest BCUT2D eigenvalue weighted by Gasteiger charge is -2.20. The molecule has 0 fully saturated rings. The van der Waals surface area contributed by atoms with E-state index in [1.54, 1.807) is 37.4 Å². The number of anilines is 1. The smallest absolute Gasteiger partial charge is 0.264 e. The highest BCUT2D eigenvalue weighted by Gasteiger charge is 2.22. The lowest BCUT2D eigenvalue weighted by atomic mass is 9.98. The minimum absolute atomic E-state index is 0.253. The van der Waals surface area contributed by atoms with Crippen LogP contribution in [0.15, 0.2) is 102 Å². The van der Waals surface area contributed by atoms with Gasteiger partial charge in [-0.05, 0) is 58.7 Å². The first-order valence-corrected chi connectivity index (χ1v) is 14.8. The average Bonchev–Trinajstić information content (AvgIpc) is 3.66. The van der Waals surface area contributed by atoms with Crippen LogP contribution < -0.4 is 4.31 Å². The number of H-pyrrole nitrogens is 1. The molecule has 206 valence electrons. The Kier molecular flexibility index (Phi) is 7.07. The van der Waals surface area contributed by atoms with Crippen LogP contribution in [0.3, 0.4) is 0 Å². The van der Waals surface area contributed by atoms with Gasteiger partial charge in [-0.3, -0.25) is 4.31 Å². The zero-order chi connectivity index (χ0) is 28.4. The van der Waals surface area contributed by atoms with Crippen molar-refractivity contribution in [3.63, 3.8) is 0 Å². The van der Waals surface area contributed by atoms with Crippen molar-refractivity contribution in [1.29, 1.82) is 0 Å².